The van der Waals surface area contributed by atoms with E-state index in [0.29, 0.717) is 11.3 Å². The summed E-state index contributed by atoms with van der Waals surface area (Å²) in [5.41, 5.74) is 9.28. The lowest BCUT2D eigenvalue weighted by Gasteiger charge is -2.41. The maximum absolute atomic E-state index is 5.88. The minimum absolute atomic E-state index is 0.383. The normalized spacial score (nSPS) is 28.6. The number of nitrogens with two attached hydrogens (primary N) is 1. The summed E-state index contributed by atoms with van der Waals surface area (Å²) in [6.07, 6.45) is 9.45. The van der Waals surface area contributed by atoms with Gasteiger partial charge in [-0.2, -0.15) is 0 Å². The lowest BCUT2D eigenvalue weighted by atomic mass is 9.86. The first-order valence-electron chi connectivity index (χ1n) is 8.89. The first-order chi connectivity index (χ1) is 10.9. The molecular formula is C19H28N4. The molecule has 2 aliphatic rings. The van der Waals surface area contributed by atoms with Crippen LogP contribution in [0, 0.1) is 5.41 Å². The molecule has 2 aromatic rings. The van der Waals surface area contributed by atoms with Gasteiger partial charge in [-0.05, 0) is 37.2 Å². The van der Waals surface area contributed by atoms with Gasteiger partial charge in [-0.15, -0.1) is 0 Å². The van der Waals surface area contributed by atoms with Crippen LogP contribution in [0.5, 0.6) is 0 Å². The molecule has 2 atom stereocenters. The van der Waals surface area contributed by atoms with Gasteiger partial charge in [-0.1, -0.05) is 20.8 Å². The van der Waals surface area contributed by atoms with E-state index in [1.54, 1.807) is 0 Å². The van der Waals surface area contributed by atoms with Crippen molar-refractivity contribution in [1.82, 2.24) is 14.3 Å². The lowest BCUT2D eigenvalue weighted by molar-refractivity contribution is 0.0855. The molecule has 0 spiro atoms. The van der Waals surface area contributed by atoms with Crippen LogP contribution in [0.3, 0.4) is 0 Å². The van der Waals surface area contributed by atoms with Gasteiger partial charge < -0.3 is 10.1 Å². The highest BCUT2D eigenvalue weighted by Gasteiger charge is 2.42. The maximum atomic E-state index is 5.88. The summed E-state index contributed by atoms with van der Waals surface area (Å²) in [6, 6.07) is 5.39. The van der Waals surface area contributed by atoms with Gasteiger partial charge >= 0.3 is 0 Å². The molecule has 0 aliphatic carbocycles. The Morgan fingerprint density at radius 3 is 2.57 bits per heavy atom. The van der Waals surface area contributed by atoms with Crippen LogP contribution in [0.1, 0.15) is 58.1 Å². The highest BCUT2D eigenvalue weighted by atomic mass is 15.2. The molecule has 4 heterocycles. The number of hydrogen-bond acceptors (Lipinski definition) is 3. The van der Waals surface area contributed by atoms with Crippen molar-refractivity contribution in [3.05, 3.63) is 30.2 Å². The zero-order valence-electron chi connectivity index (χ0n) is 14.5. The summed E-state index contributed by atoms with van der Waals surface area (Å²) in [4.78, 5) is 7.64. The van der Waals surface area contributed by atoms with Gasteiger partial charge in [0.2, 0.25) is 0 Å². The van der Waals surface area contributed by atoms with Crippen LogP contribution in [0.25, 0.3) is 5.65 Å². The van der Waals surface area contributed by atoms with Gasteiger partial charge in [0.1, 0.15) is 5.65 Å². The number of hydrogen-bond donors (Lipinski definition) is 1. The highest BCUT2D eigenvalue weighted by molar-refractivity contribution is 5.52. The smallest absolute Gasteiger partial charge is 0.139 e. The molecule has 0 aromatic carbocycles. The largest absolute Gasteiger partial charge is 0.399 e. The number of piperidine rings is 1. The number of pyridine rings is 1. The quantitative estimate of drug-likeness (QED) is 0.920. The molecule has 2 N–H and O–H groups in total. The SMILES string of the molecule is CC(C)(C)CN1C2CCC1CC(c1cn3ccc(N)cc3n1)C2. The third-order valence-electron chi connectivity index (χ3n) is 5.46. The van der Waals surface area contributed by atoms with Crippen LogP contribution in [0.4, 0.5) is 5.69 Å². The molecule has 2 bridgehead atoms. The fourth-order valence-corrected chi connectivity index (χ4v) is 4.54. The Morgan fingerprint density at radius 1 is 1.22 bits per heavy atom. The standard InChI is InChI=1S/C19H28N4/c1-19(2,3)12-23-15-4-5-16(23)9-13(8-15)17-11-22-7-6-14(20)10-18(22)21-17/h6-7,10-11,13,15-16H,4-5,8-9,12,20H2,1-3H3. The molecule has 2 aliphatic heterocycles. The Hall–Kier alpha value is -1.55. The minimum atomic E-state index is 0.383. The molecule has 0 radical (unpaired) electrons. The van der Waals surface area contributed by atoms with E-state index in [2.05, 4.69) is 36.3 Å². The molecule has 4 nitrogen and oxygen atoms in total. The Morgan fingerprint density at radius 2 is 1.91 bits per heavy atom. The molecule has 4 rings (SSSR count). The molecule has 23 heavy (non-hydrogen) atoms. The zero-order valence-corrected chi connectivity index (χ0v) is 14.5. The molecule has 124 valence electrons. The van der Waals surface area contributed by atoms with E-state index in [0.717, 1.165) is 23.4 Å². The summed E-state index contributed by atoms with van der Waals surface area (Å²) >= 11 is 0. The summed E-state index contributed by atoms with van der Waals surface area (Å²) in [7, 11) is 0. The number of aromatic nitrogens is 2. The second-order valence-electron chi connectivity index (χ2n) is 8.68. The van der Waals surface area contributed by atoms with E-state index in [9.17, 15) is 0 Å². The number of rotatable bonds is 2. The minimum Gasteiger partial charge on any atom is -0.399 e. The fraction of sp³-hybridized carbons (Fsp3) is 0.632. The van der Waals surface area contributed by atoms with E-state index < -0.39 is 0 Å². The predicted octanol–water partition coefficient (Wildman–Crippen LogP) is 3.67. The van der Waals surface area contributed by atoms with Crippen LogP contribution in [0.2, 0.25) is 0 Å². The van der Waals surface area contributed by atoms with Crippen molar-refractivity contribution in [2.24, 2.45) is 5.41 Å². The van der Waals surface area contributed by atoms with Gasteiger partial charge in [0.05, 0.1) is 5.69 Å². The number of imidazole rings is 1. The summed E-state index contributed by atoms with van der Waals surface area (Å²) in [5.74, 6) is 0.602. The van der Waals surface area contributed by atoms with E-state index in [-0.39, 0.29) is 0 Å². The summed E-state index contributed by atoms with van der Waals surface area (Å²) < 4.78 is 2.11. The van der Waals surface area contributed by atoms with Crippen molar-refractivity contribution < 1.29 is 0 Å². The van der Waals surface area contributed by atoms with E-state index >= 15 is 0 Å². The Bertz CT molecular complexity index is 698. The van der Waals surface area contributed by atoms with Crippen LogP contribution in [-0.4, -0.2) is 32.9 Å². The van der Waals surface area contributed by atoms with Crippen molar-refractivity contribution in [2.45, 2.75) is 64.5 Å². The van der Waals surface area contributed by atoms with E-state index in [1.165, 1.54) is 37.9 Å². The number of nitrogen functional groups attached to an aromatic ring is 1. The van der Waals surface area contributed by atoms with Crippen LogP contribution >= 0.6 is 0 Å². The van der Waals surface area contributed by atoms with Gasteiger partial charge in [0.15, 0.2) is 0 Å². The Balaban J connectivity index is 1.55. The van der Waals surface area contributed by atoms with Gasteiger partial charge in [0, 0.05) is 48.7 Å². The van der Waals surface area contributed by atoms with Crippen molar-refractivity contribution in [2.75, 3.05) is 12.3 Å². The zero-order chi connectivity index (χ0) is 16.2. The van der Waals surface area contributed by atoms with Crippen LogP contribution < -0.4 is 5.73 Å². The average Bonchev–Trinajstić information content (AvgIpc) is 2.95. The van der Waals surface area contributed by atoms with Gasteiger partial charge in [-0.3, -0.25) is 4.90 Å². The van der Waals surface area contributed by atoms with Crippen molar-refractivity contribution >= 4 is 11.3 Å². The van der Waals surface area contributed by atoms with E-state index in [1.807, 2.05) is 18.3 Å². The molecule has 2 saturated heterocycles. The molecule has 0 saturated carbocycles. The van der Waals surface area contributed by atoms with Crippen molar-refractivity contribution in [3.63, 3.8) is 0 Å². The number of anilines is 1. The number of fused-ring (bicyclic) bond motifs is 3. The average molecular weight is 312 g/mol. The maximum Gasteiger partial charge on any atom is 0.139 e. The predicted molar refractivity (Wildman–Crippen MR) is 94.6 cm³/mol. The third kappa shape index (κ3) is 2.85. The highest BCUT2D eigenvalue weighted by Crippen LogP contribution is 2.43. The molecule has 2 fully saturated rings. The van der Waals surface area contributed by atoms with E-state index in [4.69, 9.17) is 10.7 Å². The van der Waals surface area contributed by atoms with Crippen LogP contribution in [-0.2, 0) is 0 Å². The monoisotopic (exact) mass is 312 g/mol. The molecule has 2 aromatic heterocycles. The third-order valence-corrected chi connectivity index (χ3v) is 5.46. The molecular weight excluding hydrogens is 284 g/mol. The Kier molecular flexibility index (Phi) is 3.41. The van der Waals surface area contributed by atoms with Crippen molar-refractivity contribution in [3.8, 4) is 0 Å². The fourth-order valence-electron chi connectivity index (χ4n) is 4.54. The Labute approximate surface area is 138 Å². The first kappa shape index (κ1) is 15.0. The summed E-state index contributed by atoms with van der Waals surface area (Å²) in [5, 5.41) is 0. The summed E-state index contributed by atoms with van der Waals surface area (Å²) in [6.45, 7) is 8.28. The van der Waals surface area contributed by atoms with Gasteiger partial charge in [-0.25, -0.2) is 4.98 Å². The molecule has 2 unspecified atom stereocenters. The second kappa shape index (κ2) is 5.23. The first-order valence-corrected chi connectivity index (χ1v) is 8.89. The second-order valence-corrected chi connectivity index (χ2v) is 8.68. The lowest BCUT2D eigenvalue weighted by Crippen LogP contribution is -2.46. The molecule has 0 amide bonds. The molecule has 4 heteroatoms. The van der Waals surface area contributed by atoms with Crippen molar-refractivity contribution in [1.29, 1.82) is 0 Å². The van der Waals surface area contributed by atoms with Crippen LogP contribution in [0.15, 0.2) is 24.5 Å². The topological polar surface area (TPSA) is 46.6 Å². The number of nitrogens with zero attached hydrogens (tertiary/aromatic N) is 3. The van der Waals surface area contributed by atoms with Gasteiger partial charge in [0.25, 0.3) is 0 Å².